The van der Waals surface area contributed by atoms with E-state index >= 15 is 0 Å². The Hall–Kier alpha value is -3.25. The van der Waals surface area contributed by atoms with Gasteiger partial charge in [0.15, 0.2) is 0 Å². The average molecular weight is 400 g/mol. The quantitative estimate of drug-likeness (QED) is 0.710. The molecule has 0 saturated carbocycles. The second kappa shape index (κ2) is 8.24. The van der Waals surface area contributed by atoms with E-state index in [4.69, 9.17) is 4.74 Å². The number of ether oxygens (including phenoxy) is 1. The van der Waals surface area contributed by atoms with Gasteiger partial charge in [-0.25, -0.2) is 9.97 Å². The molecule has 3 heterocycles. The molecule has 1 aliphatic carbocycles. The van der Waals surface area contributed by atoms with Gasteiger partial charge in [-0.05, 0) is 54.2 Å². The number of allylic oxidation sites excluding steroid dienone is 1. The van der Waals surface area contributed by atoms with Crippen LogP contribution in [0.5, 0.6) is 0 Å². The minimum atomic E-state index is -0.0407. The van der Waals surface area contributed by atoms with Crippen LogP contribution in [0.2, 0.25) is 0 Å². The lowest BCUT2D eigenvalue weighted by Gasteiger charge is -2.23. The molecule has 1 N–H and O–H groups in total. The number of anilines is 1. The summed E-state index contributed by atoms with van der Waals surface area (Å²) in [5, 5.41) is 3.38. The van der Waals surface area contributed by atoms with E-state index in [-0.39, 0.29) is 5.56 Å². The molecular formula is C24H24N4O2. The maximum atomic E-state index is 12.7. The number of nitrogens with zero attached hydrogens (tertiary/aromatic N) is 3. The molecular weight excluding hydrogens is 376 g/mol. The summed E-state index contributed by atoms with van der Waals surface area (Å²) in [5.74, 6) is 0.592. The summed E-state index contributed by atoms with van der Waals surface area (Å²) in [6.45, 7) is 2.08. The molecule has 0 amide bonds. The smallest absolute Gasteiger partial charge is 0.251 e. The number of nitrogens with one attached hydrogen (secondary N) is 1. The third-order valence-electron chi connectivity index (χ3n) is 5.70. The molecule has 0 unspecified atom stereocenters. The van der Waals surface area contributed by atoms with Gasteiger partial charge in [0.25, 0.3) is 5.56 Å². The maximum Gasteiger partial charge on any atom is 0.251 e. The Morgan fingerprint density at radius 1 is 1.13 bits per heavy atom. The number of pyridine rings is 1. The Morgan fingerprint density at radius 3 is 2.90 bits per heavy atom. The normalized spacial score (nSPS) is 15.9. The summed E-state index contributed by atoms with van der Waals surface area (Å²) in [6.07, 6.45) is 10.8. The van der Waals surface area contributed by atoms with Crippen molar-refractivity contribution in [1.82, 2.24) is 14.5 Å². The van der Waals surface area contributed by atoms with Crippen LogP contribution in [0, 0.1) is 0 Å². The second-order valence-corrected chi connectivity index (χ2v) is 7.82. The molecule has 2 aromatic heterocycles. The van der Waals surface area contributed by atoms with Crippen molar-refractivity contribution in [2.75, 3.05) is 18.5 Å². The minimum absolute atomic E-state index is 0.0407. The SMILES string of the molecule is O=c1cc(-c2ccnc(NC3CCOCC3)n2)ccn1Cc1ccc2c(c1)C=CC2. The number of benzene rings is 1. The molecule has 30 heavy (non-hydrogen) atoms. The first-order valence-corrected chi connectivity index (χ1v) is 10.4. The van der Waals surface area contributed by atoms with Gasteiger partial charge in [0.2, 0.25) is 5.95 Å². The first-order valence-electron chi connectivity index (χ1n) is 10.4. The van der Waals surface area contributed by atoms with E-state index in [2.05, 4.69) is 45.6 Å². The van der Waals surface area contributed by atoms with E-state index in [1.807, 2.05) is 18.3 Å². The van der Waals surface area contributed by atoms with Crippen molar-refractivity contribution in [3.8, 4) is 11.3 Å². The maximum absolute atomic E-state index is 12.7. The fraction of sp³-hybridized carbons (Fsp3) is 0.292. The average Bonchev–Trinajstić information content (AvgIpc) is 3.24. The summed E-state index contributed by atoms with van der Waals surface area (Å²) < 4.78 is 7.13. The molecule has 0 radical (unpaired) electrons. The van der Waals surface area contributed by atoms with E-state index in [0.717, 1.165) is 49.3 Å². The molecule has 1 fully saturated rings. The lowest BCUT2D eigenvalue weighted by atomic mass is 10.1. The van der Waals surface area contributed by atoms with Gasteiger partial charge in [0, 0.05) is 43.3 Å². The summed E-state index contributed by atoms with van der Waals surface area (Å²) in [5.41, 5.74) is 5.22. The van der Waals surface area contributed by atoms with Crippen LogP contribution in [0.15, 0.2) is 59.7 Å². The van der Waals surface area contributed by atoms with Gasteiger partial charge >= 0.3 is 0 Å². The zero-order chi connectivity index (χ0) is 20.3. The Kier molecular flexibility index (Phi) is 5.15. The van der Waals surface area contributed by atoms with E-state index in [1.54, 1.807) is 16.8 Å². The Labute approximate surface area is 175 Å². The molecule has 3 aromatic rings. The van der Waals surface area contributed by atoms with Crippen LogP contribution in [0.3, 0.4) is 0 Å². The summed E-state index contributed by atoms with van der Waals surface area (Å²) in [7, 11) is 0. The third kappa shape index (κ3) is 4.04. The molecule has 1 saturated heterocycles. The van der Waals surface area contributed by atoms with Crippen molar-refractivity contribution in [3.63, 3.8) is 0 Å². The number of aromatic nitrogens is 3. The summed E-state index contributed by atoms with van der Waals surface area (Å²) in [6, 6.07) is 12.2. The molecule has 5 rings (SSSR count). The van der Waals surface area contributed by atoms with Gasteiger partial charge in [-0.3, -0.25) is 4.79 Å². The van der Waals surface area contributed by atoms with Crippen molar-refractivity contribution in [2.45, 2.75) is 31.8 Å². The zero-order valence-corrected chi connectivity index (χ0v) is 16.8. The van der Waals surface area contributed by atoms with Gasteiger partial charge < -0.3 is 14.6 Å². The van der Waals surface area contributed by atoms with Crippen LogP contribution in [0.4, 0.5) is 5.95 Å². The van der Waals surface area contributed by atoms with Gasteiger partial charge in [-0.1, -0.05) is 24.3 Å². The van der Waals surface area contributed by atoms with Gasteiger partial charge in [-0.15, -0.1) is 0 Å². The molecule has 0 atom stereocenters. The van der Waals surface area contributed by atoms with Crippen molar-refractivity contribution >= 4 is 12.0 Å². The lowest BCUT2D eigenvalue weighted by Crippen LogP contribution is -2.28. The van der Waals surface area contributed by atoms with Gasteiger partial charge in [0.1, 0.15) is 0 Å². The Morgan fingerprint density at radius 2 is 2.03 bits per heavy atom. The van der Waals surface area contributed by atoms with Crippen LogP contribution in [-0.2, 0) is 17.7 Å². The number of hydrogen-bond acceptors (Lipinski definition) is 5. The minimum Gasteiger partial charge on any atom is -0.381 e. The fourth-order valence-electron chi connectivity index (χ4n) is 4.00. The van der Waals surface area contributed by atoms with E-state index in [0.29, 0.717) is 18.5 Å². The van der Waals surface area contributed by atoms with Crippen molar-refractivity contribution in [3.05, 3.63) is 81.9 Å². The molecule has 1 aliphatic heterocycles. The van der Waals surface area contributed by atoms with Gasteiger partial charge in [0.05, 0.1) is 12.2 Å². The van der Waals surface area contributed by atoms with E-state index < -0.39 is 0 Å². The molecule has 6 nitrogen and oxygen atoms in total. The van der Waals surface area contributed by atoms with Crippen molar-refractivity contribution in [1.29, 1.82) is 0 Å². The molecule has 0 bridgehead atoms. The molecule has 152 valence electrons. The van der Waals surface area contributed by atoms with Crippen molar-refractivity contribution < 1.29 is 4.74 Å². The highest BCUT2D eigenvalue weighted by Gasteiger charge is 2.15. The van der Waals surface area contributed by atoms with Crippen LogP contribution in [0.1, 0.15) is 29.5 Å². The number of hydrogen-bond donors (Lipinski definition) is 1. The zero-order valence-electron chi connectivity index (χ0n) is 16.8. The monoisotopic (exact) mass is 400 g/mol. The summed E-state index contributed by atoms with van der Waals surface area (Å²) >= 11 is 0. The van der Waals surface area contributed by atoms with E-state index in [9.17, 15) is 4.79 Å². The molecule has 6 heteroatoms. The van der Waals surface area contributed by atoms with Crippen LogP contribution in [-0.4, -0.2) is 33.8 Å². The fourth-order valence-corrected chi connectivity index (χ4v) is 4.00. The predicted molar refractivity (Wildman–Crippen MR) is 117 cm³/mol. The van der Waals surface area contributed by atoms with Crippen LogP contribution in [0.25, 0.3) is 17.3 Å². The number of rotatable bonds is 5. The van der Waals surface area contributed by atoms with Crippen LogP contribution < -0.4 is 10.9 Å². The molecule has 0 spiro atoms. The first kappa shape index (κ1) is 18.8. The highest BCUT2D eigenvalue weighted by atomic mass is 16.5. The second-order valence-electron chi connectivity index (χ2n) is 7.82. The van der Waals surface area contributed by atoms with Crippen LogP contribution >= 0.6 is 0 Å². The Balaban J connectivity index is 1.34. The third-order valence-corrected chi connectivity index (χ3v) is 5.70. The topological polar surface area (TPSA) is 69.0 Å². The largest absolute Gasteiger partial charge is 0.381 e. The van der Waals surface area contributed by atoms with Crippen molar-refractivity contribution in [2.24, 2.45) is 0 Å². The highest BCUT2D eigenvalue weighted by Crippen LogP contribution is 2.21. The van der Waals surface area contributed by atoms with E-state index in [1.165, 1.54) is 11.1 Å². The predicted octanol–water partition coefficient (Wildman–Crippen LogP) is 3.51. The summed E-state index contributed by atoms with van der Waals surface area (Å²) in [4.78, 5) is 21.7. The standard InChI is InChI=1S/C24H24N4O2/c29-23-15-20(22-6-10-25-24(27-22)26-21-8-12-30-13-9-21)7-11-28(23)16-17-4-5-18-2-1-3-19(18)14-17/h1,3-7,10-11,14-15,21H,2,8-9,12-13,16H2,(H,25,26,27). The Bertz CT molecular complexity index is 1150. The molecule has 1 aromatic carbocycles. The van der Waals surface area contributed by atoms with Gasteiger partial charge in [-0.2, -0.15) is 0 Å². The highest BCUT2D eigenvalue weighted by molar-refractivity contribution is 5.61. The lowest BCUT2D eigenvalue weighted by molar-refractivity contribution is 0.0903. The molecule has 2 aliphatic rings. The first-order chi connectivity index (χ1) is 14.7. The number of fused-ring (bicyclic) bond motifs is 1.